The fourth-order valence-electron chi connectivity index (χ4n) is 6.14. The number of carbonyl (C=O) groups excluding carboxylic acids is 3. The van der Waals surface area contributed by atoms with Gasteiger partial charge in [0.15, 0.2) is 5.78 Å². The van der Waals surface area contributed by atoms with Crippen LogP contribution in [0, 0.1) is 29.6 Å². The molecule has 3 fully saturated rings. The van der Waals surface area contributed by atoms with Gasteiger partial charge >= 0.3 is 0 Å². The zero-order valence-electron chi connectivity index (χ0n) is 17.0. The lowest BCUT2D eigenvalue weighted by Crippen LogP contribution is -2.41. The third-order valence-corrected chi connectivity index (χ3v) is 7.98. The summed E-state index contributed by atoms with van der Waals surface area (Å²) >= 11 is 12.5. The van der Waals surface area contributed by atoms with Crippen molar-refractivity contribution in [2.75, 3.05) is 4.90 Å². The quantitative estimate of drug-likeness (QED) is 0.494. The lowest BCUT2D eigenvalue weighted by atomic mass is 9.71. The van der Waals surface area contributed by atoms with Crippen LogP contribution in [0.15, 0.2) is 47.6 Å². The highest BCUT2D eigenvalue weighted by Crippen LogP contribution is 2.62. The second kappa shape index (κ2) is 6.90. The van der Waals surface area contributed by atoms with Crippen LogP contribution in [0.4, 0.5) is 5.69 Å². The van der Waals surface area contributed by atoms with Gasteiger partial charge in [-0.3, -0.25) is 19.3 Å². The molecule has 2 bridgehead atoms. The maximum Gasteiger partial charge on any atom is 0.238 e. The predicted molar refractivity (Wildman–Crippen MR) is 119 cm³/mol. The zero-order chi connectivity index (χ0) is 22.3. The molecule has 1 saturated heterocycles. The summed E-state index contributed by atoms with van der Waals surface area (Å²) in [5, 5.41) is 5.34. The number of Topliss-reactive ketones (excluding diaryl/α,β-unsaturated/α-hetero) is 1. The highest BCUT2D eigenvalue weighted by atomic mass is 35.5. The second-order valence-corrected chi connectivity index (χ2v) is 9.77. The second-order valence-electron chi connectivity index (χ2n) is 8.93. The van der Waals surface area contributed by atoms with Gasteiger partial charge in [0.25, 0.3) is 0 Å². The molecule has 2 saturated carbocycles. The normalized spacial score (nSPS) is 32.1. The number of hydrogen-bond acceptors (Lipinski definition) is 5. The van der Waals surface area contributed by atoms with E-state index in [1.54, 1.807) is 36.4 Å². The van der Waals surface area contributed by atoms with Crippen molar-refractivity contribution >= 4 is 52.2 Å². The van der Waals surface area contributed by atoms with Crippen LogP contribution in [0.3, 0.4) is 0 Å². The molecular formula is C24H18Cl2N2O4. The maximum absolute atomic E-state index is 13.5. The number of hydrogen-bond donors (Lipinski definition) is 0. The van der Waals surface area contributed by atoms with Crippen LogP contribution in [-0.4, -0.2) is 29.4 Å². The average Bonchev–Trinajstić information content (AvgIpc) is 3.49. The third kappa shape index (κ3) is 2.60. The lowest BCUT2D eigenvalue weighted by molar-refractivity contribution is -0.125. The number of benzene rings is 2. The monoisotopic (exact) mass is 468 g/mol. The van der Waals surface area contributed by atoms with Crippen LogP contribution in [0.25, 0.3) is 0 Å². The van der Waals surface area contributed by atoms with Crippen molar-refractivity contribution in [1.82, 2.24) is 0 Å². The van der Waals surface area contributed by atoms with E-state index in [1.807, 2.05) is 6.07 Å². The van der Waals surface area contributed by atoms with Crippen LogP contribution in [0.2, 0.25) is 10.0 Å². The molecule has 0 aromatic heterocycles. The van der Waals surface area contributed by atoms with Gasteiger partial charge in [-0.05, 0) is 55.7 Å². The first-order chi connectivity index (χ1) is 15.4. The average molecular weight is 469 g/mol. The number of rotatable bonds is 3. The Morgan fingerprint density at radius 3 is 2.34 bits per heavy atom. The Hall–Kier alpha value is -2.70. The predicted octanol–water partition coefficient (Wildman–Crippen LogP) is 4.37. The van der Waals surface area contributed by atoms with Crippen LogP contribution in [0.5, 0.6) is 0 Å². The molecule has 2 heterocycles. The minimum Gasteiger partial charge on any atom is -0.391 e. The SMILES string of the molecule is CC(=O)c1ccc(N2C(=O)[C@@H]3[C@H]4C[C@@H]([C@@H]5ON=C(c6ccc(Cl)cc6Cl)[C@@H]45)[C@H]3C2=O)cc1. The first-order valence-electron chi connectivity index (χ1n) is 10.5. The molecule has 4 aliphatic rings. The molecule has 0 N–H and O–H groups in total. The van der Waals surface area contributed by atoms with Gasteiger partial charge in [0.05, 0.1) is 28.3 Å². The van der Waals surface area contributed by atoms with Crippen molar-refractivity contribution in [1.29, 1.82) is 0 Å². The molecule has 2 aliphatic heterocycles. The van der Waals surface area contributed by atoms with Crippen LogP contribution < -0.4 is 4.90 Å². The van der Waals surface area contributed by atoms with E-state index in [9.17, 15) is 14.4 Å². The Morgan fingerprint density at radius 2 is 1.69 bits per heavy atom. The van der Waals surface area contributed by atoms with Crippen molar-refractivity contribution in [3.05, 3.63) is 63.6 Å². The largest absolute Gasteiger partial charge is 0.391 e. The summed E-state index contributed by atoms with van der Waals surface area (Å²) in [5.74, 6) is -1.45. The summed E-state index contributed by atoms with van der Waals surface area (Å²) in [6, 6.07) is 11.9. The molecule has 6 atom stereocenters. The fraction of sp³-hybridized carbons (Fsp3) is 0.333. The van der Waals surface area contributed by atoms with Gasteiger partial charge < -0.3 is 4.84 Å². The zero-order valence-corrected chi connectivity index (χ0v) is 18.5. The Morgan fingerprint density at radius 1 is 1.00 bits per heavy atom. The molecule has 2 aromatic rings. The molecule has 162 valence electrons. The molecule has 6 nitrogen and oxygen atoms in total. The molecule has 0 radical (unpaired) electrons. The third-order valence-electron chi connectivity index (χ3n) is 7.43. The van der Waals surface area contributed by atoms with Crippen molar-refractivity contribution < 1.29 is 19.2 Å². The number of fused-ring (bicyclic) bond motifs is 8. The summed E-state index contributed by atoms with van der Waals surface area (Å²) in [6.07, 6.45) is 0.517. The minimum atomic E-state index is -0.406. The molecule has 0 unspecified atom stereocenters. The molecule has 2 aromatic carbocycles. The summed E-state index contributed by atoms with van der Waals surface area (Å²) in [5.41, 5.74) is 2.52. The van der Waals surface area contributed by atoms with Crippen LogP contribution in [0.1, 0.15) is 29.3 Å². The topological polar surface area (TPSA) is 76.0 Å². The van der Waals surface area contributed by atoms with Crippen molar-refractivity contribution in [3.8, 4) is 0 Å². The van der Waals surface area contributed by atoms with Gasteiger partial charge in [-0.1, -0.05) is 34.4 Å². The number of amides is 2. The molecule has 32 heavy (non-hydrogen) atoms. The van der Waals surface area contributed by atoms with Gasteiger partial charge in [-0.25, -0.2) is 0 Å². The van der Waals surface area contributed by atoms with Gasteiger partial charge in [0.2, 0.25) is 11.8 Å². The number of carbonyl (C=O) groups is 3. The number of anilines is 1. The van der Waals surface area contributed by atoms with E-state index in [0.717, 1.165) is 17.7 Å². The van der Waals surface area contributed by atoms with Crippen LogP contribution in [-0.2, 0) is 14.4 Å². The number of ketones is 1. The van der Waals surface area contributed by atoms with Gasteiger partial charge in [0, 0.05) is 28.0 Å². The Labute approximate surface area is 194 Å². The van der Waals surface area contributed by atoms with Crippen molar-refractivity contribution in [3.63, 3.8) is 0 Å². The van der Waals surface area contributed by atoms with E-state index in [-0.39, 0.29) is 41.5 Å². The number of oxime groups is 1. The van der Waals surface area contributed by atoms with E-state index in [4.69, 9.17) is 28.0 Å². The minimum absolute atomic E-state index is 0.0408. The van der Waals surface area contributed by atoms with Gasteiger partial charge in [-0.15, -0.1) is 0 Å². The number of imide groups is 1. The summed E-state index contributed by atoms with van der Waals surface area (Å²) < 4.78 is 0. The first-order valence-corrected chi connectivity index (χ1v) is 11.3. The summed E-state index contributed by atoms with van der Waals surface area (Å²) in [4.78, 5) is 45.5. The highest BCUT2D eigenvalue weighted by Gasteiger charge is 2.70. The molecular weight excluding hydrogens is 451 g/mol. The smallest absolute Gasteiger partial charge is 0.238 e. The van der Waals surface area contributed by atoms with E-state index in [0.29, 0.717) is 21.3 Å². The molecule has 2 amide bonds. The van der Waals surface area contributed by atoms with Gasteiger partial charge in [0.1, 0.15) is 6.10 Å². The number of nitrogens with zero attached hydrogens (tertiary/aromatic N) is 2. The Balaban J connectivity index is 1.33. The van der Waals surface area contributed by atoms with E-state index in [1.165, 1.54) is 11.8 Å². The van der Waals surface area contributed by atoms with Crippen molar-refractivity contribution in [2.24, 2.45) is 34.7 Å². The molecule has 6 rings (SSSR count). The Kier molecular flexibility index (Phi) is 4.30. The Bertz CT molecular complexity index is 1230. The van der Waals surface area contributed by atoms with Gasteiger partial charge in [-0.2, -0.15) is 0 Å². The molecule has 0 spiro atoms. The maximum atomic E-state index is 13.5. The highest BCUT2D eigenvalue weighted by molar-refractivity contribution is 6.37. The standard InChI is InChI=1S/C24H18Cl2N2O4/c1-10(29)11-2-5-13(6-3-11)28-23(30)18-15-9-16(19(18)24(28)31)22-20(15)21(27-32-22)14-7-4-12(25)8-17(14)26/h2-8,15-16,18-20,22H,9H2,1H3/t15-,16-,18-,19-,20-,22+/m1/s1. The van der Waals surface area contributed by atoms with Crippen LogP contribution >= 0.6 is 23.2 Å². The lowest BCUT2D eigenvalue weighted by Gasteiger charge is -2.30. The molecule has 8 heteroatoms. The van der Waals surface area contributed by atoms with E-state index < -0.39 is 11.8 Å². The van der Waals surface area contributed by atoms with E-state index in [2.05, 4.69) is 5.16 Å². The summed E-state index contributed by atoms with van der Waals surface area (Å²) in [6.45, 7) is 1.48. The van der Waals surface area contributed by atoms with E-state index >= 15 is 0 Å². The fourth-order valence-corrected chi connectivity index (χ4v) is 6.65. The van der Waals surface area contributed by atoms with Crippen molar-refractivity contribution in [2.45, 2.75) is 19.4 Å². The molecule has 2 aliphatic carbocycles. The number of halogens is 2. The first kappa shape index (κ1) is 19.9. The summed E-state index contributed by atoms with van der Waals surface area (Å²) in [7, 11) is 0.